The third kappa shape index (κ3) is 2.67. The van der Waals surface area contributed by atoms with E-state index in [-0.39, 0.29) is 11.8 Å². The van der Waals surface area contributed by atoms with Crippen LogP contribution in [0.2, 0.25) is 0 Å². The second-order valence-corrected chi connectivity index (χ2v) is 5.09. The highest BCUT2D eigenvalue weighted by Gasteiger charge is 2.19. The highest BCUT2D eigenvalue weighted by Crippen LogP contribution is 2.26. The van der Waals surface area contributed by atoms with Crippen LogP contribution in [0.1, 0.15) is 27.8 Å². The van der Waals surface area contributed by atoms with Gasteiger partial charge in [-0.05, 0) is 46.7 Å². The van der Waals surface area contributed by atoms with Gasteiger partial charge >= 0.3 is 0 Å². The highest BCUT2D eigenvalue weighted by atomic mass is 32.1. The van der Waals surface area contributed by atoms with E-state index in [1.165, 1.54) is 6.26 Å². The van der Waals surface area contributed by atoms with Gasteiger partial charge in [0.25, 0.3) is 5.91 Å². The molecule has 0 saturated carbocycles. The van der Waals surface area contributed by atoms with E-state index < -0.39 is 0 Å². The molecule has 0 bridgehead atoms. The van der Waals surface area contributed by atoms with Gasteiger partial charge < -0.3 is 14.2 Å². The van der Waals surface area contributed by atoms with Crippen molar-refractivity contribution in [2.75, 3.05) is 6.54 Å². The third-order valence-corrected chi connectivity index (χ3v) is 3.75. The zero-order valence-electron chi connectivity index (χ0n) is 10.6. The third-order valence-electron chi connectivity index (χ3n) is 3.04. The maximum atomic E-state index is 11.9. The Hall–Kier alpha value is -2.27. The van der Waals surface area contributed by atoms with Crippen LogP contribution in [0.5, 0.6) is 0 Å². The SMILES string of the molecule is O=C(NCC(c1ccsc1)c1ccco1)c1ccco1. The Bertz CT molecular complexity index is 607. The van der Waals surface area contributed by atoms with Gasteiger partial charge in [-0.1, -0.05) is 0 Å². The van der Waals surface area contributed by atoms with Crippen molar-refractivity contribution in [2.45, 2.75) is 5.92 Å². The minimum atomic E-state index is -0.221. The number of hydrogen-bond donors (Lipinski definition) is 1. The van der Waals surface area contributed by atoms with Crippen LogP contribution in [0.15, 0.2) is 62.5 Å². The van der Waals surface area contributed by atoms with Crippen LogP contribution in [0, 0.1) is 0 Å². The highest BCUT2D eigenvalue weighted by molar-refractivity contribution is 7.08. The summed E-state index contributed by atoms with van der Waals surface area (Å²) in [5.41, 5.74) is 1.13. The lowest BCUT2D eigenvalue weighted by Crippen LogP contribution is -2.28. The molecule has 0 aromatic carbocycles. The summed E-state index contributed by atoms with van der Waals surface area (Å²) in [6.07, 6.45) is 3.13. The Morgan fingerprint density at radius 2 is 2.05 bits per heavy atom. The standard InChI is InChI=1S/C15H13NO3S/c17-15(14-4-2-7-19-14)16-9-12(11-5-8-20-10-11)13-3-1-6-18-13/h1-8,10,12H,9H2,(H,16,17). The molecule has 1 atom stereocenters. The fourth-order valence-corrected chi connectivity index (χ4v) is 2.75. The van der Waals surface area contributed by atoms with Crippen LogP contribution >= 0.6 is 11.3 Å². The fraction of sp³-hybridized carbons (Fsp3) is 0.133. The van der Waals surface area contributed by atoms with Crippen LogP contribution in [-0.2, 0) is 0 Å². The van der Waals surface area contributed by atoms with Crippen LogP contribution in [0.3, 0.4) is 0 Å². The maximum Gasteiger partial charge on any atom is 0.287 e. The van der Waals surface area contributed by atoms with E-state index in [0.717, 1.165) is 11.3 Å². The van der Waals surface area contributed by atoms with Gasteiger partial charge in [-0.2, -0.15) is 11.3 Å². The zero-order chi connectivity index (χ0) is 13.8. The van der Waals surface area contributed by atoms with Crippen LogP contribution in [0.4, 0.5) is 0 Å². The number of carbonyl (C=O) groups excluding carboxylic acids is 1. The minimum Gasteiger partial charge on any atom is -0.469 e. The molecular weight excluding hydrogens is 274 g/mol. The van der Waals surface area contributed by atoms with Crippen molar-refractivity contribution in [3.05, 3.63) is 70.7 Å². The van der Waals surface area contributed by atoms with Gasteiger partial charge in [0.2, 0.25) is 0 Å². The van der Waals surface area contributed by atoms with E-state index in [9.17, 15) is 4.79 Å². The molecule has 0 fully saturated rings. The number of rotatable bonds is 5. The van der Waals surface area contributed by atoms with Crippen LogP contribution < -0.4 is 5.32 Å². The van der Waals surface area contributed by atoms with Crippen LogP contribution in [-0.4, -0.2) is 12.5 Å². The summed E-state index contributed by atoms with van der Waals surface area (Å²) in [7, 11) is 0. The first-order chi connectivity index (χ1) is 9.84. The number of nitrogens with one attached hydrogen (secondary N) is 1. The lowest BCUT2D eigenvalue weighted by atomic mass is 9.99. The Kier molecular flexibility index (Phi) is 3.69. The molecule has 0 radical (unpaired) electrons. The average Bonchev–Trinajstić information content (AvgIpc) is 3.22. The van der Waals surface area contributed by atoms with Gasteiger partial charge in [-0.3, -0.25) is 4.79 Å². The summed E-state index contributed by atoms with van der Waals surface area (Å²) in [5, 5.41) is 6.95. The molecule has 0 spiro atoms. The number of amides is 1. The molecule has 20 heavy (non-hydrogen) atoms. The zero-order valence-corrected chi connectivity index (χ0v) is 11.4. The van der Waals surface area contributed by atoms with Gasteiger partial charge in [0.05, 0.1) is 18.4 Å². The maximum absolute atomic E-state index is 11.9. The van der Waals surface area contributed by atoms with Crippen molar-refractivity contribution in [2.24, 2.45) is 0 Å². The number of furan rings is 2. The minimum absolute atomic E-state index is 0.00941. The number of carbonyl (C=O) groups is 1. The Morgan fingerprint density at radius 3 is 2.70 bits per heavy atom. The quantitative estimate of drug-likeness (QED) is 0.781. The monoisotopic (exact) mass is 287 g/mol. The summed E-state index contributed by atoms with van der Waals surface area (Å²) in [5.74, 6) is 0.939. The fourth-order valence-electron chi connectivity index (χ4n) is 2.04. The smallest absolute Gasteiger partial charge is 0.287 e. The first-order valence-electron chi connectivity index (χ1n) is 6.22. The van der Waals surface area contributed by atoms with Crippen molar-refractivity contribution in [1.29, 1.82) is 0 Å². The molecule has 102 valence electrons. The molecule has 0 aliphatic rings. The molecule has 4 nitrogen and oxygen atoms in total. The summed E-state index contributed by atoms with van der Waals surface area (Å²) in [6.45, 7) is 0.462. The van der Waals surface area contributed by atoms with Gasteiger partial charge in [0.1, 0.15) is 5.76 Å². The van der Waals surface area contributed by atoms with E-state index in [0.29, 0.717) is 12.3 Å². The Morgan fingerprint density at radius 1 is 1.20 bits per heavy atom. The van der Waals surface area contributed by atoms with Crippen molar-refractivity contribution < 1.29 is 13.6 Å². The summed E-state index contributed by atoms with van der Waals surface area (Å²) in [4.78, 5) is 11.9. The molecule has 0 aliphatic carbocycles. The van der Waals surface area contributed by atoms with Crippen molar-refractivity contribution in [1.82, 2.24) is 5.32 Å². The van der Waals surface area contributed by atoms with Crippen molar-refractivity contribution in [3.8, 4) is 0 Å². The second-order valence-electron chi connectivity index (χ2n) is 4.31. The molecule has 0 aliphatic heterocycles. The number of hydrogen-bond acceptors (Lipinski definition) is 4. The summed E-state index contributed by atoms with van der Waals surface area (Å²) >= 11 is 1.62. The average molecular weight is 287 g/mol. The molecule has 1 N–H and O–H groups in total. The molecule has 1 unspecified atom stereocenters. The van der Waals surface area contributed by atoms with Gasteiger partial charge in [-0.25, -0.2) is 0 Å². The molecule has 3 rings (SSSR count). The topological polar surface area (TPSA) is 55.4 Å². The molecule has 1 amide bonds. The predicted molar refractivity (Wildman–Crippen MR) is 75.9 cm³/mol. The van der Waals surface area contributed by atoms with E-state index in [1.807, 2.05) is 23.6 Å². The van der Waals surface area contributed by atoms with E-state index in [4.69, 9.17) is 8.83 Å². The first-order valence-corrected chi connectivity index (χ1v) is 7.16. The molecule has 3 aromatic heterocycles. The summed E-state index contributed by atoms with van der Waals surface area (Å²) in [6, 6.07) is 9.14. The molecule has 0 saturated heterocycles. The van der Waals surface area contributed by atoms with Gasteiger partial charge in [-0.15, -0.1) is 0 Å². The van der Waals surface area contributed by atoms with E-state index in [1.54, 1.807) is 29.7 Å². The Balaban J connectivity index is 1.73. The lowest BCUT2D eigenvalue weighted by Gasteiger charge is -2.13. The lowest BCUT2D eigenvalue weighted by molar-refractivity contribution is 0.0924. The van der Waals surface area contributed by atoms with Crippen molar-refractivity contribution >= 4 is 17.2 Å². The molecule has 3 aromatic rings. The van der Waals surface area contributed by atoms with Crippen LogP contribution in [0.25, 0.3) is 0 Å². The van der Waals surface area contributed by atoms with Gasteiger partial charge in [0, 0.05) is 6.54 Å². The van der Waals surface area contributed by atoms with E-state index in [2.05, 4.69) is 10.7 Å². The molecular formula is C15H13NO3S. The molecule has 5 heteroatoms. The first kappa shape index (κ1) is 12.7. The number of thiophene rings is 1. The van der Waals surface area contributed by atoms with Crippen molar-refractivity contribution in [3.63, 3.8) is 0 Å². The Labute approximate surface area is 120 Å². The largest absolute Gasteiger partial charge is 0.469 e. The molecule has 3 heterocycles. The normalized spacial score (nSPS) is 12.2. The predicted octanol–water partition coefficient (Wildman–Crippen LogP) is 3.50. The van der Waals surface area contributed by atoms with E-state index >= 15 is 0 Å². The second kappa shape index (κ2) is 5.79. The summed E-state index contributed by atoms with van der Waals surface area (Å²) < 4.78 is 10.5. The van der Waals surface area contributed by atoms with Gasteiger partial charge in [0.15, 0.2) is 5.76 Å².